The van der Waals surface area contributed by atoms with Gasteiger partial charge in [-0.25, -0.2) is 17.7 Å². The second-order valence-corrected chi connectivity index (χ2v) is 9.27. The van der Waals surface area contributed by atoms with Gasteiger partial charge in [-0.3, -0.25) is 4.98 Å². The monoisotopic (exact) mass is 412 g/mol. The molecule has 0 aliphatic carbocycles. The molecule has 29 heavy (non-hydrogen) atoms. The maximum Gasteiger partial charge on any atom is 0.213 e. The number of nitrogens with one attached hydrogen (secondary N) is 1. The molecule has 2 aromatic heterocycles. The zero-order valence-electron chi connectivity index (χ0n) is 16.5. The molecule has 1 aromatic carbocycles. The molecular weight excluding hydrogens is 388 g/mol. The molecule has 0 atom stereocenters. The van der Waals surface area contributed by atoms with Crippen molar-refractivity contribution in [2.24, 2.45) is 0 Å². The number of piperidine rings is 1. The van der Waals surface area contributed by atoms with Crippen LogP contribution in [0, 0.1) is 0 Å². The van der Waals surface area contributed by atoms with E-state index in [9.17, 15) is 8.42 Å². The molecule has 4 rings (SSSR count). The van der Waals surface area contributed by atoms with Crippen LogP contribution in [0.3, 0.4) is 0 Å². The third-order valence-electron chi connectivity index (χ3n) is 5.32. The predicted molar refractivity (Wildman–Crippen MR) is 115 cm³/mol. The minimum Gasteiger partial charge on any atom is -0.481 e. The molecule has 1 saturated heterocycles. The van der Waals surface area contributed by atoms with Crippen molar-refractivity contribution < 1.29 is 13.2 Å². The Morgan fingerprint density at radius 1 is 1.10 bits per heavy atom. The fraction of sp³-hybridized carbons (Fsp3) is 0.333. The first-order valence-electron chi connectivity index (χ1n) is 9.54. The van der Waals surface area contributed by atoms with Crippen LogP contribution in [0.1, 0.15) is 12.8 Å². The average Bonchev–Trinajstić information content (AvgIpc) is 2.73. The van der Waals surface area contributed by atoms with Crippen molar-refractivity contribution in [3.63, 3.8) is 0 Å². The summed E-state index contributed by atoms with van der Waals surface area (Å²) in [6.45, 7) is 1.07. The van der Waals surface area contributed by atoms with Gasteiger partial charge in [-0.05, 0) is 53.6 Å². The van der Waals surface area contributed by atoms with Crippen LogP contribution in [-0.2, 0) is 10.0 Å². The molecule has 3 aromatic rings. The number of ether oxygens (including phenoxy) is 1. The van der Waals surface area contributed by atoms with Crippen LogP contribution in [0.2, 0.25) is 0 Å². The lowest BCUT2D eigenvalue weighted by Crippen LogP contribution is -2.41. The summed E-state index contributed by atoms with van der Waals surface area (Å²) < 4.78 is 30.3. The summed E-state index contributed by atoms with van der Waals surface area (Å²) in [5.41, 5.74) is 3.07. The summed E-state index contributed by atoms with van der Waals surface area (Å²) >= 11 is 0. The minimum absolute atomic E-state index is 0.207. The third-order valence-corrected chi connectivity index (χ3v) is 6.62. The molecule has 1 fully saturated rings. The van der Waals surface area contributed by atoms with Crippen molar-refractivity contribution in [2.45, 2.75) is 18.9 Å². The number of rotatable bonds is 5. The number of benzene rings is 1. The van der Waals surface area contributed by atoms with E-state index in [-0.39, 0.29) is 6.04 Å². The zero-order chi connectivity index (χ0) is 20.4. The van der Waals surface area contributed by atoms with Gasteiger partial charge in [0.25, 0.3) is 0 Å². The average molecular weight is 413 g/mol. The van der Waals surface area contributed by atoms with Gasteiger partial charge < -0.3 is 10.1 Å². The fourth-order valence-electron chi connectivity index (χ4n) is 3.74. The van der Waals surface area contributed by atoms with Gasteiger partial charge in [0, 0.05) is 54.9 Å². The highest BCUT2D eigenvalue weighted by Crippen LogP contribution is 2.32. The van der Waals surface area contributed by atoms with Crippen molar-refractivity contribution in [3.8, 4) is 17.0 Å². The lowest BCUT2D eigenvalue weighted by atomic mass is 10.00. The van der Waals surface area contributed by atoms with Gasteiger partial charge >= 0.3 is 0 Å². The van der Waals surface area contributed by atoms with Crippen LogP contribution in [0.4, 0.5) is 5.69 Å². The number of fused-ring (bicyclic) bond motifs is 1. The number of methoxy groups -OCH3 is 1. The SMILES string of the molecule is COc1cc(-c2cc(NC3CCN(S(C)(=O)=O)CC3)c3cnccc3c2)ccn1. The van der Waals surface area contributed by atoms with E-state index in [1.54, 1.807) is 23.8 Å². The van der Waals surface area contributed by atoms with Crippen LogP contribution >= 0.6 is 0 Å². The van der Waals surface area contributed by atoms with Crippen molar-refractivity contribution >= 4 is 26.5 Å². The summed E-state index contributed by atoms with van der Waals surface area (Å²) in [7, 11) is -1.52. The van der Waals surface area contributed by atoms with Gasteiger partial charge in [0.05, 0.1) is 13.4 Å². The Kier molecular flexibility index (Phi) is 5.38. The van der Waals surface area contributed by atoms with Crippen molar-refractivity contribution in [1.82, 2.24) is 14.3 Å². The Morgan fingerprint density at radius 2 is 1.90 bits per heavy atom. The molecule has 1 aliphatic heterocycles. The molecule has 0 saturated carbocycles. The van der Waals surface area contributed by atoms with E-state index in [2.05, 4.69) is 27.4 Å². The molecule has 0 radical (unpaired) electrons. The van der Waals surface area contributed by atoms with Gasteiger partial charge in [-0.2, -0.15) is 0 Å². The highest BCUT2D eigenvalue weighted by molar-refractivity contribution is 7.88. The number of pyridine rings is 2. The first-order valence-corrected chi connectivity index (χ1v) is 11.4. The van der Waals surface area contributed by atoms with Crippen LogP contribution in [0.5, 0.6) is 5.88 Å². The van der Waals surface area contributed by atoms with Crippen molar-refractivity contribution in [2.75, 3.05) is 31.8 Å². The summed E-state index contributed by atoms with van der Waals surface area (Å²) in [6, 6.07) is 10.3. The second-order valence-electron chi connectivity index (χ2n) is 7.29. The quantitative estimate of drug-likeness (QED) is 0.693. The van der Waals surface area contributed by atoms with E-state index >= 15 is 0 Å². The van der Waals surface area contributed by atoms with E-state index in [0.29, 0.717) is 19.0 Å². The van der Waals surface area contributed by atoms with Gasteiger partial charge in [0.2, 0.25) is 15.9 Å². The largest absolute Gasteiger partial charge is 0.481 e. The molecule has 3 heterocycles. The topological polar surface area (TPSA) is 84.4 Å². The van der Waals surface area contributed by atoms with Crippen LogP contribution in [-0.4, -0.2) is 55.2 Å². The minimum atomic E-state index is -3.13. The Balaban J connectivity index is 1.65. The van der Waals surface area contributed by atoms with Crippen LogP contribution in [0.15, 0.2) is 48.9 Å². The van der Waals surface area contributed by atoms with E-state index in [1.807, 2.05) is 24.4 Å². The molecule has 8 heteroatoms. The van der Waals surface area contributed by atoms with E-state index < -0.39 is 10.0 Å². The smallest absolute Gasteiger partial charge is 0.213 e. The normalized spacial score (nSPS) is 16.1. The molecule has 7 nitrogen and oxygen atoms in total. The van der Waals surface area contributed by atoms with Crippen LogP contribution < -0.4 is 10.1 Å². The number of aromatic nitrogens is 2. The summed E-state index contributed by atoms with van der Waals surface area (Å²) in [4.78, 5) is 8.47. The molecule has 1 aliphatic rings. The Labute approximate surface area is 170 Å². The van der Waals surface area contributed by atoms with Gasteiger partial charge in [-0.15, -0.1) is 0 Å². The first-order chi connectivity index (χ1) is 13.9. The Bertz CT molecular complexity index is 1130. The maximum atomic E-state index is 11.8. The standard InChI is InChI=1S/C21H24N4O3S/c1-28-21-13-15(4-8-23-21)17-11-16-3-7-22-14-19(16)20(12-17)24-18-5-9-25(10-6-18)29(2,26)27/h3-4,7-8,11-14,18,24H,5-6,9-10H2,1-2H3. The highest BCUT2D eigenvalue weighted by atomic mass is 32.2. The fourth-order valence-corrected chi connectivity index (χ4v) is 4.61. The lowest BCUT2D eigenvalue weighted by Gasteiger charge is -2.31. The van der Waals surface area contributed by atoms with Gasteiger partial charge in [0.1, 0.15) is 0 Å². The summed E-state index contributed by atoms with van der Waals surface area (Å²) in [5.74, 6) is 0.569. The second kappa shape index (κ2) is 7.96. The van der Waals surface area contributed by atoms with Crippen LogP contribution in [0.25, 0.3) is 21.9 Å². The number of anilines is 1. The zero-order valence-corrected chi connectivity index (χ0v) is 17.3. The molecule has 0 amide bonds. The Morgan fingerprint density at radius 3 is 2.62 bits per heavy atom. The number of hydrogen-bond donors (Lipinski definition) is 1. The summed E-state index contributed by atoms with van der Waals surface area (Å²) in [5, 5.41) is 5.76. The van der Waals surface area contributed by atoms with Gasteiger partial charge in [0.15, 0.2) is 0 Å². The third kappa shape index (κ3) is 4.33. The Hall–Kier alpha value is -2.71. The molecule has 0 bridgehead atoms. The van der Waals surface area contributed by atoms with Crippen molar-refractivity contribution in [1.29, 1.82) is 0 Å². The molecule has 0 unspecified atom stereocenters. The van der Waals surface area contributed by atoms with E-state index in [0.717, 1.165) is 40.4 Å². The molecule has 1 N–H and O–H groups in total. The number of nitrogens with zero attached hydrogens (tertiary/aromatic N) is 3. The molecule has 0 spiro atoms. The van der Waals surface area contributed by atoms with E-state index in [1.165, 1.54) is 6.26 Å². The first kappa shape index (κ1) is 19.6. The van der Waals surface area contributed by atoms with E-state index in [4.69, 9.17) is 4.74 Å². The molecule has 152 valence electrons. The maximum absolute atomic E-state index is 11.8. The van der Waals surface area contributed by atoms with Crippen molar-refractivity contribution in [3.05, 3.63) is 48.9 Å². The highest BCUT2D eigenvalue weighted by Gasteiger charge is 2.25. The number of sulfonamides is 1. The predicted octanol–water partition coefficient (Wildman–Crippen LogP) is 3.14. The lowest BCUT2D eigenvalue weighted by molar-refractivity contribution is 0.332. The summed E-state index contributed by atoms with van der Waals surface area (Å²) in [6.07, 6.45) is 8.18. The molecular formula is C21H24N4O3S. The number of hydrogen-bond acceptors (Lipinski definition) is 6. The van der Waals surface area contributed by atoms with Gasteiger partial charge in [-0.1, -0.05) is 0 Å².